The minimum absolute atomic E-state index is 0. The molecule has 3 heterocycles. The number of anilines is 1. The van der Waals surface area contributed by atoms with E-state index in [1.807, 2.05) is 7.05 Å². The summed E-state index contributed by atoms with van der Waals surface area (Å²) < 4.78 is 2.14. The molecule has 0 amide bonds. The quantitative estimate of drug-likeness (QED) is 0.893. The molecule has 96 valence electrons. The number of aromatic nitrogens is 2. The normalized spacial score (nSPS) is 18.8. The van der Waals surface area contributed by atoms with Gasteiger partial charge in [0.05, 0.1) is 5.69 Å². The summed E-state index contributed by atoms with van der Waals surface area (Å²) in [4.78, 5) is 5.96. The molecule has 3 rings (SSSR count). The van der Waals surface area contributed by atoms with Crippen molar-refractivity contribution < 1.29 is 0 Å². The van der Waals surface area contributed by atoms with Crippen LogP contribution in [-0.4, -0.2) is 29.5 Å². The maximum atomic E-state index is 4.67. The summed E-state index contributed by atoms with van der Waals surface area (Å²) in [7, 11) is 1.92. The molecule has 1 saturated heterocycles. The van der Waals surface area contributed by atoms with Crippen molar-refractivity contribution >= 4 is 46.9 Å². The van der Waals surface area contributed by atoms with E-state index in [4.69, 9.17) is 0 Å². The van der Waals surface area contributed by atoms with Crippen LogP contribution in [0.2, 0.25) is 0 Å². The van der Waals surface area contributed by atoms with E-state index in [0.717, 1.165) is 19.0 Å². The maximum Gasteiger partial charge on any atom is 0.208 e. The van der Waals surface area contributed by atoms with Crippen LogP contribution in [0.3, 0.4) is 0 Å². The van der Waals surface area contributed by atoms with Gasteiger partial charge in [0.1, 0.15) is 4.83 Å². The van der Waals surface area contributed by atoms with Gasteiger partial charge >= 0.3 is 0 Å². The van der Waals surface area contributed by atoms with Crippen LogP contribution in [0.5, 0.6) is 0 Å². The monoisotopic (exact) mass is 294 g/mol. The van der Waals surface area contributed by atoms with Crippen molar-refractivity contribution in [2.45, 2.75) is 12.3 Å². The number of hydrogen-bond donors (Lipinski definition) is 2. The molecule has 1 unspecified atom stereocenters. The molecular formula is C10H16Cl2N4S. The van der Waals surface area contributed by atoms with Crippen molar-refractivity contribution in [3.8, 4) is 0 Å². The number of nitrogens with one attached hydrogen (secondary N) is 2. The van der Waals surface area contributed by atoms with Crippen molar-refractivity contribution in [3.05, 3.63) is 17.3 Å². The number of thiazole rings is 1. The number of halogens is 2. The molecule has 1 aliphatic rings. The number of hydrogen-bond acceptors (Lipinski definition) is 4. The Morgan fingerprint density at radius 2 is 2.35 bits per heavy atom. The van der Waals surface area contributed by atoms with Crippen LogP contribution >= 0.6 is 36.2 Å². The molecule has 2 aromatic heterocycles. The van der Waals surface area contributed by atoms with Gasteiger partial charge in [0.2, 0.25) is 5.95 Å². The standard InChI is InChI=1S/C10H14N4S.2ClH/c1-11-10-13-8(7-2-3-12-6-7)9-14(10)4-5-15-9;;/h4-5,7,12H,2-3,6H2,1H3,(H,11,13);2*1H. The van der Waals surface area contributed by atoms with E-state index in [-0.39, 0.29) is 24.8 Å². The van der Waals surface area contributed by atoms with E-state index in [9.17, 15) is 0 Å². The lowest BCUT2D eigenvalue weighted by Crippen LogP contribution is -2.08. The Bertz CT molecular complexity index is 476. The second kappa shape index (κ2) is 5.91. The summed E-state index contributed by atoms with van der Waals surface area (Å²) in [5.41, 5.74) is 1.25. The summed E-state index contributed by atoms with van der Waals surface area (Å²) in [6.45, 7) is 2.18. The van der Waals surface area contributed by atoms with Crippen molar-refractivity contribution in [1.29, 1.82) is 0 Å². The molecule has 4 nitrogen and oxygen atoms in total. The molecule has 0 aromatic carbocycles. The first-order valence-electron chi connectivity index (χ1n) is 5.24. The summed E-state index contributed by atoms with van der Waals surface area (Å²) in [6, 6.07) is 0. The average molecular weight is 295 g/mol. The first kappa shape index (κ1) is 14.6. The van der Waals surface area contributed by atoms with Crippen LogP contribution in [0.1, 0.15) is 18.0 Å². The van der Waals surface area contributed by atoms with E-state index < -0.39 is 0 Å². The van der Waals surface area contributed by atoms with Crippen molar-refractivity contribution in [2.75, 3.05) is 25.5 Å². The molecule has 2 aromatic rings. The van der Waals surface area contributed by atoms with Crippen LogP contribution in [0, 0.1) is 0 Å². The molecular weight excluding hydrogens is 279 g/mol. The highest BCUT2D eigenvalue weighted by molar-refractivity contribution is 7.15. The number of imidazole rings is 1. The van der Waals surface area contributed by atoms with E-state index in [0.29, 0.717) is 5.92 Å². The fraction of sp³-hybridized carbons (Fsp3) is 0.500. The molecule has 0 saturated carbocycles. The minimum atomic E-state index is 0. The van der Waals surface area contributed by atoms with Gasteiger partial charge in [-0.05, 0) is 13.0 Å². The third-order valence-electron chi connectivity index (χ3n) is 2.95. The smallest absolute Gasteiger partial charge is 0.208 e. The van der Waals surface area contributed by atoms with Gasteiger partial charge in [0.15, 0.2) is 0 Å². The first-order chi connectivity index (χ1) is 7.40. The zero-order valence-electron chi connectivity index (χ0n) is 9.47. The van der Waals surface area contributed by atoms with Gasteiger partial charge in [-0.15, -0.1) is 36.2 Å². The van der Waals surface area contributed by atoms with Crippen LogP contribution < -0.4 is 10.6 Å². The summed E-state index contributed by atoms with van der Waals surface area (Å²) in [5, 5.41) is 8.64. The highest BCUT2D eigenvalue weighted by atomic mass is 35.5. The van der Waals surface area contributed by atoms with Gasteiger partial charge in [-0.25, -0.2) is 4.98 Å². The van der Waals surface area contributed by atoms with E-state index in [1.165, 1.54) is 16.9 Å². The first-order valence-corrected chi connectivity index (χ1v) is 6.12. The van der Waals surface area contributed by atoms with E-state index in [2.05, 4.69) is 31.6 Å². The second-order valence-electron chi connectivity index (χ2n) is 3.84. The molecule has 2 N–H and O–H groups in total. The zero-order valence-corrected chi connectivity index (χ0v) is 11.9. The van der Waals surface area contributed by atoms with Crippen molar-refractivity contribution in [3.63, 3.8) is 0 Å². The number of fused-ring (bicyclic) bond motifs is 1. The van der Waals surface area contributed by atoms with Crippen molar-refractivity contribution in [2.24, 2.45) is 0 Å². The molecule has 0 radical (unpaired) electrons. The molecule has 1 aliphatic heterocycles. The molecule has 0 spiro atoms. The lowest BCUT2D eigenvalue weighted by Gasteiger charge is -2.02. The van der Waals surface area contributed by atoms with Gasteiger partial charge in [-0.2, -0.15) is 0 Å². The SMILES string of the molecule is CNc1nc(C2CCNC2)c2sccn12.Cl.Cl. The summed E-state index contributed by atoms with van der Waals surface area (Å²) in [5.74, 6) is 1.54. The van der Waals surface area contributed by atoms with Gasteiger partial charge in [-0.3, -0.25) is 4.40 Å². The molecule has 0 aliphatic carbocycles. The maximum absolute atomic E-state index is 4.67. The van der Waals surface area contributed by atoms with Gasteiger partial charge < -0.3 is 10.6 Å². The van der Waals surface area contributed by atoms with E-state index >= 15 is 0 Å². The molecule has 1 atom stereocenters. The predicted octanol–water partition coefficient (Wildman–Crippen LogP) is 2.36. The zero-order chi connectivity index (χ0) is 10.3. The molecule has 7 heteroatoms. The summed E-state index contributed by atoms with van der Waals surface area (Å²) >= 11 is 1.77. The molecule has 0 bridgehead atoms. The Balaban J connectivity index is 0.000000722. The van der Waals surface area contributed by atoms with E-state index in [1.54, 1.807) is 11.3 Å². The van der Waals surface area contributed by atoms with Crippen LogP contribution in [0.15, 0.2) is 11.6 Å². The Morgan fingerprint density at radius 3 is 3.00 bits per heavy atom. The highest BCUT2D eigenvalue weighted by Gasteiger charge is 2.23. The topological polar surface area (TPSA) is 41.4 Å². The highest BCUT2D eigenvalue weighted by Crippen LogP contribution is 2.30. The van der Waals surface area contributed by atoms with Gasteiger partial charge in [0, 0.05) is 31.1 Å². The molecule has 17 heavy (non-hydrogen) atoms. The fourth-order valence-corrected chi connectivity index (χ4v) is 3.08. The number of nitrogens with zero attached hydrogens (tertiary/aromatic N) is 2. The fourth-order valence-electron chi connectivity index (χ4n) is 2.18. The van der Waals surface area contributed by atoms with Crippen LogP contribution in [0.25, 0.3) is 4.83 Å². The summed E-state index contributed by atoms with van der Waals surface area (Å²) in [6.07, 6.45) is 3.28. The lowest BCUT2D eigenvalue weighted by atomic mass is 10.1. The van der Waals surface area contributed by atoms with Crippen molar-refractivity contribution in [1.82, 2.24) is 14.7 Å². The molecule has 1 fully saturated rings. The Labute approximate surface area is 117 Å². The third-order valence-corrected chi connectivity index (χ3v) is 3.84. The predicted molar refractivity (Wildman–Crippen MR) is 77.3 cm³/mol. The Kier molecular flexibility index (Phi) is 5.06. The third kappa shape index (κ3) is 2.38. The number of rotatable bonds is 2. The second-order valence-corrected chi connectivity index (χ2v) is 4.73. The largest absolute Gasteiger partial charge is 0.358 e. The minimum Gasteiger partial charge on any atom is -0.358 e. The Hall–Kier alpha value is -0.490. The van der Waals surface area contributed by atoms with Gasteiger partial charge in [0.25, 0.3) is 0 Å². The van der Waals surface area contributed by atoms with Gasteiger partial charge in [-0.1, -0.05) is 0 Å². The van der Waals surface area contributed by atoms with Crippen LogP contribution in [-0.2, 0) is 0 Å². The average Bonchev–Trinajstić information content (AvgIpc) is 2.94. The lowest BCUT2D eigenvalue weighted by molar-refractivity contribution is 0.748. The van der Waals surface area contributed by atoms with Crippen LogP contribution in [0.4, 0.5) is 5.95 Å². The Morgan fingerprint density at radius 1 is 1.53 bits per heavy atom.